The Morgan fingerprint density at radius 3 is 2.86 bits per heavy atom. The smallest absolute Gasteiger partial charge is 0.336 e. The number of ether oxygens (including phenoxy) is 1. The van der Waals surface area contributed by atoms with Crippen LogP contribution in [0.5, 0.6) is 0 Å². The second-order valence-corrected chi connectivity index (χ2v) is 8.11. The summed E-state index contributed by atoms with van der Waals surface area (Å²) in [6.45, 7) is 3.88. The first-order valence-electron chi connectivity index (χ1n) is 8.67. The molecule has 0 aliphatic heterocycles. The highest BCUT2D eigenvalue weighted by atomic mass is 32.1. The van der Waals surface area contributed by atoms with Crippen LogP contribution in [-0.2, 0) is 22.6 Å². The van der Waals surface area contributed by atoms with Gasteiger partial charge in [0.1, 0.15) is 17.2 Å². The maximum absolute atomic E-state index is 12.3. The number of aromatic nitrogens is 1. The van der Waals surface area contributed by atoms with Crippen molar-refractivity contribution in [2.45, 2.75) is 26.9 Å². The fourth-order valence-electron chi connectivity index (χ4n) is 2.91. The van der Waals surface area contributed by atoms with Crippen LogP contribution in [0.1, 0.15) is 22.4 Å². The lowest BCUT2D eigenvalue weighted by Gasteiger charge is -2.09. The standard InChI is InChI=1S/C21H17NO4S2/c1-12-3-4-17-15(7-19(24)26-20(17)13(12)2)9-25-18(23)8-16-11-28-21(22-16)14-5-6-27-10-14/h3-7,10-11H,8-9H2,1-2H3. The lowest BCUT2D eigenvalue weighted by Crippen LogP contribution is -2.10. The Bertz CT molecular complexity index is 1210. The van der Waals surface area contributed by atoms with Crippen LogP contribution >= 0.6 is 22.7 Å². The highest BCUT2D eigenvalue weighted by molar-refractivity contribution is 7.14. The van der Waals surface area contributed by atoms with Crippen LogP contribution in [0.4, 0.5) is 0 Å². The second-order valence-electron chi connectivity index (χ2n) is 6.47. The van der Waals surface area contributed by atoms with E-state index in [9.17, 15) is 9.59 Å². The van der Waals surface area contributed by atoms with Crippen LogP contribution in [0, 0.1) is 13.8 Å². The molecule has 0 saturated carbocycles. The molecule has 0 unspecified atom stereocenters. The van der Waals surface area contributed by atoms with Crippen LogP contribution in [0.2, 0.25) is 0 Å². The zero-order chi connectivity index (χ0) is 19.7. The summed E-state index contributed by atoms with van der Waals surface area (Å²) < 4.78 is 10.8. The maximum Gasteiger partial charge on any atom is 0.336 e. The molecule has 3 aromatic heterocycles. The fraction of sp³-hybridized carbons (Fsp3) is 0.190. The molecule has 0 radical (unpaired) electrons. The Morgan fingerprint density at radius 2 is 2.07 bits per heavy atom. The summed E-state index contributed by atoms with van der Waals surface area (Å²) in [7, 11) is 0. The van der Waals surface area contributed by atoms with Crippen molar-refractivity contribution in [1.29, 1.82) is 0 Å². The van der Waals surface area contributed by atoms with E-state index in [2.05, 4.69) is 4.98 Å². The summed E-state index contributed by atoms with van der Waals surface area (Å²) in [6.07, 6.45) is 0.0954. The first-order chi connectivity index (χ1) is 13.5. The molecule has 142 valence electrons. The van der Waals surface area contributed by atoms with Crippen molar-refractivity contribution in [1.82, 2.24) is 4.98 Å². The predicted molar refractivity (Wildman–Crippen MR) is 111 cm³/mol. The number of carbonyl (C=O) groups excluding carboxylic acids is 1. The second kappa shape index (κ2) is 7.69. The van der Waals surface area contributed by atoms with Gasteiger partial charge < -0.3 is 9.15 Å². The topological polar surface area (TPSA) is 69.4 Å². The average Bonchev–Trinajstić information content (AvgIpc) is 3.35. The molecule has 7 heteroatoms. The number of esters is 1. The number of thiophene rings is 1. The zero-order valence-corrected chi connectivity index (χ0v) is 17.0. The highest BCUT2D eigenvalue weighted by Crippen LogP contribution is 2.26. The quantitative estimate of drug-likeness (QED) is 0.346. The van der Waals surface area contributed by atoms with Crippen LogP contribution in [-0.4, -0.2) is 11.0 Å². The Morgan fingerprint density at radius 1 is 1.21 bits per heavy atom. The predicted octanol–water partition coefficient (Wildman–Crippen LogP) is 4.88. The van der Waals surface area contributed by atoms with Crippen molar-refractivity contribution in [2.75, 3.05) is 0 Å². The van der Waals surface area contributed by atoms with Gasteiger partial charge in [-0.2, -0.15) is 11.3 Å². The molecule has 3 heterocycles. The minimum atomic E-state index is -0.452. The third-order valence-corrected chi connectivity index (χ3v) is 6.17. The SMILES string of the molecule is Cc1ccc2c(COC(=O)Cc3csc(-c4ccsc4)n3)cc(=O)oc2c1C. The normalized spacial score (nSPS) is 11.1. The summed E-state index contributed by atoms with van der Waals surface area (Å²) >= 11 is 3.11. The lowest BCUT2D eigenvalue weighted by molar-refractivity contribution is -0.144. The van der Waals surface area contributed by atoms with Crippen LogP contribution in [0.3, 0.4) is 0 Å². The molecule has 0 aliphatic rings. The van der Waals surface area contributed by atoms with Gasteiger partial charge in [0.2, 0.25) is 0 Å². The van der Waals surface area contributed by atoms with E-state index in [1.807, 2.05) is 48.2 Å². The number of hydrogen-bond acceptors (Lipinski definition) is 7. The van der Waals surface area contributed by atoms with E-state index in [0.29, 0.717) is 16.8 Å². The monoisotopic (exact) mass is 411 g/mol. The van der Waals surface area contributed by atoms with E-state index in [4.69, 9.17) is 9.15 Å². The van der Waals surface area contributed by atoms with E-state index in [0.717, 1.165) is 27.1 Å². The lowest BCUT2D eigenvalue weighted by atomic mass is 10.0. The minimum Gasteiger partial charge on any atom is -0.460 e. The van der Waals surface area contributed by atoms with Crippen molar-refractivity contribution in [3.63, 3.8) is 0 Å². The number of rotatable bonds is 5. The highest BCUT2D eigenvalue weighted by Gasteiger charge is 2.13. The van der Waals surface area contributed by atoms with Gasteiger partial charge in [0, 0.05) is 33.3 Å². The molecule has 4 aromatic rings. The van der Waals surface area contributed by atoms with E-state index < -0.39 is 5.63 Å². The molecular weight excluding hydrogens is 394 g/mol. The Hall–Kier alpha value is -2.77. The largest absolute Gasteiger partial charge is 0.460 e. The van der Waals surface area contributed by atoms with Crippen LogP contribution < -0.4 is 5.63 Å². The third kappa shape index (κ3) is 3.76. The van der Waals surface area contributed by atoms with Gasteiger partial charge in [-0.1, -0.05) is 12.1 Å². The number of hydrogen-bond donors (Lipinski definition) is 0. The molecule has 0 amide bonds. The van der Waals surface area contributed by atoms with Crippen molar-refractivity contribution in [3.05, 3.63) is 73.2 Å². The third-order valence-electron chi connectivity index (χ3n) is 4.55. The molecule has 0 spiro atoms. The summed E-state index contributed by atoms with van der Waals surface area (Å²) in [4.78, 5) is 28.7. The first kappa shape index (κ1) is 18.6. The van der Waals surface area contributed by atoms with Crippen molar-refractivity contribution >= 4 is 39.6 Å². The van der Waals surface area contributed by atoms with Gasteiger partial charge in [0.15, 0.2) is 0 Å². The van der Waals surface area contributed by atoms with Gasteiger partial charge in [-0.05, 0) is 36.4 Å². The van der Waals surface area contributed by atoms with E-state index >= 15 is 0 Å². The van der Waals surface area contributed by atoms with E-state index in [-0.39, 0.29) is 19.0 Å². The van der Waals surface area contributed by atoms with Gasteiger partial charge >= 0.3 is 11.6 Å². The number of carbonyl (C=O) groups is 1. The maximum atomic E-state index is 12.3. The molecule has 0 bridgehead atoms. The molecule has 0 saturated heterocycles. The summed E-state index contributed by atoms with van der Waals surface area (Å²) in [5.41, 5.74) is 4.41. The van der Waals surface area contributed by atoms with Gasteiger partial charge in [-0.25, -0.2) is 9.78 Å². The Labute approximate surface area is 169 Å². The summed E-state index contributed by atoms with van der Waals surface area (Å²) in [5.74, 6) is -0.382. The first-order valence-corrected chi connectivity index (χ1v) is 10.5. The van der Waals surface area contributed by atoms with Crippen LogP contribution in [0.25, 0.3) is 21.5 Å². The molecule has 0 fully saturated rings. The Balaban J connectivity index is 1.48. The van der Waals surface area contributed by atoms with Gasteiger partial charge in [-0.15, -0.1) is 11.3 Å². The molecular formula is C21H17NO4S2. The summed E-state index contributed by atoms with van der Waals surface area (Å²) in [6, 6.07) is 7.23. The van der Waals surface area contributed by atoms with E-state index in [1.165, 1.54) is 17.4 Å². The van der Waals surface area contributed by atoms with E-state index in [1.54, 1.807) is 11.3 Å². The number of benzene rings is 1. The van der Waals surface area contributed by atoms with Crippen molar-refractivity contribution in [3.8, 4) is 10.6 Å². The molecule has 4 rings (SSSR count). The molecule has 0 aliphatic carbocycles. The average molecular weight is 412 g/mol. The van der Waals surface area contributed by atoms with Gasteiger partial charge in [0.05, 0.1) is 12.1 Å². The molecule has 0 N–H and O–H groups in total. The number of nitrogens with zero attached hydrogens (tertiary/aromatic N) is 1. The summed E-state index contributed by atoms with van der Waals surface area (Å²) in [5, 5.41) is 7.56. The number of fused-ring (bicyclic) bond motifs is 1. The molecule has 0 atom stereocenters. The molecule has 28 heavy (non-hydrogen) atoms. The molecule has 5 nitrogen and oxygen atoms in total. The van der Waals surface area contributed by atoms with Crippen molar-refractivity contribution in [2.24, 2.45) is 0 Å². The zero-order valence-electron chi connectivity index (χ0n) is 15.4. The minimum absolute atomic E-state index is 0.0188. The van der Waals surface area contributed by atoms with Crippen molar-refractivity contribution < 1.29 is 13.9 Å². The Kier molecular flexibility index (Phi) is 5.11. The van der Waals surface area contributed by atoms with Gasteiger partial charge in [0.25, 0.3) is 0 Å². The fourth-order valence-corrected chi connectivity index (χ4v) is 4.44. The molecule has 1 aromatic carbocycles. The van der Waals surface area contributed by atoms with Crippen LogP contribution in [0.15, 0.2) is 49.6 Å². The number of thiazole rings is 1. The number of aryl methyl sites for hydroxylation is 2. The van der Waals surface area contributed by atoms with Gasteiger partial charge in [-0.3, -0.25) is 4.79 Å².